The topological polar surface area (TPSA) is 64.4 Å². The summed E-state index contributed by atoms with van der Waals surface area (Å²) < 4.78 is 33.2. The Morgan fingerprint density at radius 2 is 2.22 bits per heavy atom. The summed E-state index contributed by atoms with van der Waals surface area (Å²) in [4.78, 5) is 3.89. The van der Waals surface area contributed by atoms with Crippen molar-refractivity contribution in [1.82, 2.24) is 13.9 Å². The van der Waals surface area contributed by atoms with Gasteiger partial charge in [-0.05, 0) is 13.3 Å². The zero-order valence-electron chi connectivity index (χ0n) is 10.3. The average Bonchev–Trinajstić information content (AvgIpc) is 2.52. The fourth-order valence-corrected chi connectivity index (χ4v) is 3.95. The smallest absolute Gasteiger partial charge is 0.263 e. The van der Waals surface area contributed by atoms with E-state index < -0.39 is 10.0 Å². The minimum Gasteiger partial charge on any atom is -0.380 e. The predicted molar refractivity (Wildman–Crippen MR) is 67.0 cm³/mol. The van der Waals surface area contributed by atoms with Crippen molar-refractivity contribution in [3.8, 4) is 0 Å². The fraction of sp³-hybridized carbons (Fsp3) is 0.700. The first kappa shape index (κ1) is 13.8. The van der Waals surface area contributed by atoms with Crippen LogP contribution >= 0.6 is 11.6 Å². The van der Waals surface area contributed by atoms with Crippen LogP contribution in [0.2, 0.25) is 5.15 Å². The second-order valence-corrected chi connectivity index (χ2v) is 6.48. The van der Waals surface area contributed by atoms with Gasteiger partial charge in [0.25, 0.3) is 10.0 Å². The number of ether oxygens (including phenoxy) is 1. The van der Waals surface area contributed by atoms with Crippen molar-refractivity contribution in [2.45, 2.75) is 24.4 Å². The molecule has 1 atom stereocenters. The molecule has 0 spiro atoms. The van der Waals surface area contributed by atoms with Crippen LogP contribution in [0.3, 0.4) is 0 Å². The Kier molecular flexibility index (Phi) is 3.96. The molecule has 8 heteroatoms. The number of nitrogens with zero attached hydrogens (tertiary/aromatic N) is 3. The molecule has 1 aliphatic rings. The molecular formula is C10H16ClN3O3S. The Morgan fingerprint density at radius 3 is 2.83 bits per heavy atom. The summed E-state index contributed by atoms with van der Waals surface area (Å²) in [7, 11) is -2.00. The first-order chi connectivity index (χ1) is 8.44. The first-order valence-corrected chi connectivity index (χ1v) is 7.53. The van der Waals surface area contributed by atoms with Crippen molar-refractivity contribution in [3.05, 3.63) is 11.5 Å². The molecule has 1 fully saturated rings. The van der Waals surface area contributed by atoms with Crippen LogP contribution in [0.4, 0.5) is 0 Å². The number of rotatable bonds is 2. The number of aromatic nitrogens is 2. The van der Waals surface area contributed by atoms with Gasteiger partial charge in [0.1, 0.15) is 5.15 Å². The minimum atomic E-state index is -3.65. The van der Waals surface area contributed by atoms with Crippen molar-refractivity contribution in [3.63, 3.8) is 0 Å². The lowest BCUT2D eigenvalue weighted by atomic mass is 10.2. The van der Waals surface area contributed by atoms with Crippen LogP contribution in [0.15, 0.2) is 11.4 Å². The van der Waals surface area contributed by atoms with Gasteiger partial charge in [-0.3, -0.25) is 0 Å². The molecule has 0 radical (unpaired) electrons. The third-order valence-corrected chi connectivity index (χ3v) is 5.52. The van der Waals surface area contributed by atoms with E-state index in [9.17, 15) is 8.42 Å². The van der Waals surface area contributed by atoms with Gasteiger partial charge in [-0.15, -0.1) is 0 Å². The molecule has 102 valence electrons. The highest BCUT2D eigenvalue weighted by atomic mass is 35.5. The lowest BCUT2D eigenvalue weighted by Gasteiger charge is -2.24. The Morgan fingerprint density at radius 1 is 1.50 bits per heavy atom. The highest BCUT2D eigenvalue weighted by molar-refractivity contribution is 7.89. The number of hydrogen-bond acceptors (Lipinski definition) is 4. The molecule has 1 unspecified atom stereocenters. The summed E-state index contributed by atoms with van der Waals surface area (Å²) in [6.45, 7) is 3.16. The van der Waals surface area contributed by atoms with Crippen LogP contribution < -0.4 is 0 Å². The van der Waals surface area contributed by atoms with Crippen molar-refractivity contribution >= 4 is 21.6 Å². The highest BCUT2D eigenvalue weighted by Gasteiger charge is 2.33. The minimum absolute atomic E-state index is 0.0829. The molecule has 1 aliphatic heterocycles. The lowest BCUT2D eigenvalue weighted by molar-refractivity contribution is 0.148. The molecule has 0 amide bonds. The third-order valence-electron chi connectivity index (χ3n) is 3.01. The molecule has 0 bridgehead atoms. The van der Waals surface area contributed by atoms with Crippen molar-refractivity contribution in [2.24, 2.45) is 7.05 Å². The Balaban J connectivity index is 2.38. The van der Waals surface area contributed by atoms with Crippen LogP contribution in [0.25, 0.3) is 0 Å². The zero-order valence-corrected chi connectivity index (χ0v) is 11.9. The van der Waals surface area contributed by atoms with Gasteiger partial charge in [0, 0.05) is 26.2 Å². The normalized spacial score (nSPS) is 22.9. The van der Waals surface area contributed by atoms with E-state index in [1.165, 1.54) is 15.2 Å². The summed E-state index contributed by atoms with van der Waals surface area (Å²) in [5.41, 5.74) is 0. The molecule has 18 heavy (non-hydrogen) atoms. The van der Waals surface area contributed by atoms with E-state index in [1.54, 1.807) is 7.05 Å². The molecule has 1 aromatic heterocycles. The average molecular weight is 294 g/mol. The van der Waals surface area contributed by atoms with Crippen LogP contribution in [0, 0.1) is 0 Å². The standard InChI is InChI=1S/C10H16ClN3O3S/c1-8-3-5-17-6-4-14(8)18(15,16)10-9(11)13(2)7-12-10/h7-8H,3-6H2,1-2H3. The predicted octanol–water partition coefficient (Wildman–Crippen LogP) is 0.873. The van der Waals surface area contributed by atoms with E-state index in [0.717, 1.165) is 0 Å². The van der Waals surface area contributed by atoms with E-state index in [0.29, 0.717) is 26.2 Å². The van der Waals surface area contributed by atoms with Gasteiger partial charge in [0.2, 0.25) is 5.03 Å². The van der Waals surface area contributed by atoms with E-state index in [4.69, 9.17) is 16.3 Å². The zero-order chi connectivity index (χ0) is 13.3. The Hall–Kier alpha value is -0.630. The van der Waals surface area contributed by atoms with Crippen LogP contribution in [-0.2, 0) is 21.8 Å². The second kappa shape index (κ2) is 5.16. The van der Waals surface area contributed by atoms with E-state index in [-0.39, 0.29) is 16.2 Å². The number of aryl methyl sites for hydroxylation is 1. The quantitative estimate of drug-likeness (QED) is 0.812. The summed E-state index contributed by atoms with van der Waals surface area (Å²) in [6.07, 6.45) is 2.07. The van der Waals surface area contributed by atoms with Crippen LogP contribution in [-0.4, -0.2) is 48.1 Å². The molecule has 0 aliphatic carbocycles. The largest absolute Gasteiger partial charge is 0.380 e. The molecule has 0 saturated carbocycles. The summed E-state index contributed by atoms with van der Waals surface area (Å²) in [5, 5.41) is 0.0489. The molecule has 0 aromatic carbocycles. The SMILES string of the molecule is CC1CCOCCN1S(=O)(=O)c1ncn(C)c1Cl. The second-order valence-electron chi connectivity index (χ2n) is 4.32. The Bertz CT molecular complexity index is 528. The van der Waals surface area contributed by atoms with Gasteiger partial charge < -0.3 is 9.30 Å². The van der Waals surface area contributed by atoms with Gasteiger partial charge in [0.05, 0.1) is 12.9 Å². The molecule has 1 aromatic rings. The number of halogens is 1. The lowest BCUT2D eigenvalue weighted by Crippen LogP contribution is -2.39. The summed E-state index contributed by atoms with van der Waals surface area (Å²) in [5.74, 6) is 0. The molecule has 2 rings (SSSR count). The van der Waals surface area contributed by atoms with Crippen molar-refractivity contribution in [2.75, 3.05) is 19.8 Å². The van der Waals surface area contributed by atoms with Gasteiger partial charge in [-0.1, -0.05) is 11.6 Å². The maximum Gasteiger partial charge on any atom is 0.263 e. The van der Waals surface area contributed by atoms with Crippen LogP contribution in [0.1, 0.15) is 13.3 Å². The van der Waals surface area contributed by atoms with Gasteiger partial charge in [0.15, 0.2) is 0 Å². The van der Waals surface area contributed by atoms with E-state index in [2.05, 4.69) is 4.98 Å². The van der Waals surface area contributed by atoms with Gasteiger partial charge in [-0.25, -0.2) is 13.4 Å². The molecule has 6 nitrogen and oxygen atoms in total. The maximum atomic E-state index is 12.5. The molecular weight excluding hydrogens is 278 g/mol. The van der Waals surface area contributed by atoms with Crippen molar-refractivity contribution in [1.29, 1.82) is 0 Å². The number of imidazole rings is 1. The van der Waals surface area contributed by atoms with Gasteiger partial charge >= 0.3 is 0 Å². The molecule has 0 N–H and O–H groups in total. The summed E-state index contributed by atoms with van der Waals surface area (Å²) in [6, 6.07) is -0.115. The van der Waals surface area contributed by atoms with Gasteiger partial charge in [-0.2, -0.15) is 4.31 Å². The Labute approximate surface area is 112 Å². The third kappa shape index (κ3) is 2.40. The highest BCUT2D eigenvalue weighted by Crippen LogP contribution is 2.25. The van der Waals surface area contributed by atoms with E-state index >= 15 is 0 Å². The monoisotopic (exact) mass is 293 g/mol. The van der Waals surface area contributed by atoms with Crippen LogP contribution in [0.5, 0.6) is 0 Å². The van der Waals surface area contributed by atoms with Crippen molar-refractivity contribution < 1.29 is 13.2 Å². The maximum absolute atomic E-state index is 12.5. The number of sulfonamides is 1. The molecule has 1 saturated heterocycles. The first-order valence-electron chi connectivity index (χ1n) is 5.71. The fourth-order valence-electron chi connectivity index (χ4n) is 1.91. The molecule has 2 heterocycles. The summed E-state index contributed by atoms with van der Waals surface area (Å²) >= 11 is 5.96. The van der Waals surface area contributed by atoms with E-state index in [1.807, 2.05) is 6.92 Å². The number of hydrogen-bond donors (Lipinski definition) is 0.